The molecule has 4 nitrogen and oxygen atoms in total. The Hall–Kier alpha value is -0.610. The van der Waals surface area contributed by atoms with Crippen molar-refractivity contribution in [1.82, 2.24) is 9.80 Å². The van der Waals surface area contributed by atoms with E-state index in [9.17, 15) is 9.90 Å². The van der Waals surface area contributed by atoms with Gasteiger partial charge in [0.05, 0.1) is 12.6 Å². The number of carbonyl (C=O) groups excluding carboxylic acids is 1. The summed E-state index contributed by atoms with van der Waals surface area (Å²) in [5.41, 5.74) is 0. The number of hydrogen-bond donors (Lipinski definition) is 1. The van der Waals surface area contributed by atoms with Crippen LogP contribution in [0.3, 0.4) is 0 Å². The van der Waals surface area contributed by atoms with Gasteiger partial charge in [0, 0.05) is 19.6 Å². The number of amides is 1. The minimum absolute atomic E-state index is 0.249. The summed E-state index contributed by atoms with van der Waals surface area (Å²) in [5.74, 6) is 1.38. The first-order chi connectivity index (χ1) is 8.56. The number of piperidine rings is 1. The van der Waals surface area contributed by atoms with Crippen LogP contribution in [0.5, 0.6) is 0 Å². The van der Waals surface area contributed by atoms with Crippen LogP contribution in [-0.4, -0.2) is 59.6 Å². The first-order valence-corrected chi connectivity index (χ1v) is 7.24. The lowest BCUT2D eigenvalue weighted by atomic mass is 9.99. The van der Waals surface area contributed by atoms with E-state index in [4.69, 9.17) is 0 Å². The first-order valence-electron chi connectivity index (χ1n) is 7.24. The van der Waals surface area contributed by atoms with Gasteiger partial charge in [-0.25, -0.2) is 0 Å². The van der Waals surface area contributed by atoms with E-state index in [0.29, 0.717) is 12.5 Å². The van der Waals surface area contributed by atoms with Gasteiger partial charge in [-0.05, 0) is 44.6 Å². The summed E-state index contributed by atoms with van der Waals surface area (Å²) in [6.45, 7) is 8.32. The van der Waals surface area contributed by atoms with E-state index in [0.717, 1.165) is 51.4 Å². The minimum atomic E-state index is -0.249. The average Bonchev–Trinajstić information content (AvgIpc) is 2.78. The highest BCUT2D eigenvalue weighted by Crippen LogP contribution is 2.20. The normalized spacial score (nSPS) is 28.6. The number of aliphatic hydroxyl groups excluding tert-OH is 1. The largest absolute Gasteiger partial charge is 0.393 e. The Morgan fingerprint density at radius 2 is 1.94 bits per heavy atom. The molecule has 1 N–H and O–H groups in total. The molecule has 0 aliphatic carbocycles. The topological polar surface area (TPSA) is 43.8 Å². The Balaban J connectivity index is 1.75. The predicted molar refractivity (Wildman–Crippen MR) is 71.2 cm³/mol. The molecule has 0 aromatic rings. The van der Waals surface area contributed by atoms with E-state index >= 15 is 0 Å². The second-order valence-electron chi connectivity index (χ2n) is 6.09. The minimum Gasteiger partial charge on any atom is -0.393 e. The Labute approximate surface area is 110 Å². The monoisotopic (exact) mass is 254 g/mol. The fourth-order valence-corrected chi connectivity index (χ4v) is 2.95. The average molecular weight is 254 g/mol. The molecule has 2 rings (SSSR count). The van der Waals surface area contributed by atoms with Gasteiger partial charge in [0.15, 0.2) is 0 Å². The molecule has 2 atom stereocenters. The van der Waals surface area contributed by atoms with E-state index in [-0.39, 0.29) is 12.0 Å². The van der Waals surface area contributed by atoms with Crippen molar-refractivity contribution in [2.75, 3.05) is 32.7 Å². The molecule has 2 fully saturated rings. The van der Waals surface area contributed by atoms with Gasteiger partial charge in [-0.15, -0.1) is 0 Å². The molecule has 104 valence electrons. The second-order valence-corrected chi connectivity index (χ2v) is 6.09. The van der Waals surface area contributed by atoms with Crippen LogP contribution in [0.15, 0.2) is 0 Å². The van der Waals surface area contributed by atoms with E-state index in [1.54, 1.807) is 0 Å². The van der Waals surface area contributed by atoms with Gasteiger partial charge >= 0.3 is 0 Å². The zero-order chi connectivity index (χ0) is 13.1. The van der Waals surface area contributed by atoms with Gasteiger partial charge in [-0.2, -0.15) is 0 Å². The molecule has 0 saturated carbocycles. The quantitative estimate of drug-likeness (QED) is 0.815. The van der Waals surface area contributed by atoms with Crippen molar-refractivity contribution >= 4 is 5.91 Å². The predicted octanol–water partition coefficient (Wildman–Crippen LogP) is 0.948. The van der Waals surface area contributed by atoms with Gasteiger partial charge in [-0.3, -0.25) is 9.69 Å². The number of likely N-dealkylation sites (tertiary alicyclic amines) is 2. The van der Waals surface area contributed by atoms with Gasteiger partial charge < -0.3 is 10.0 Å². The van der Waals surface area contributed by atoms with Crippen molar-refractivity contribution in [2.45, 2.75) is 39.2 Å². The van der Waals surface area contributed by atoms with Crippen molar-refractivity contribution < 1.29 is 9.90 Å². The molecular weight excluding hydrogens is 228 g/mol. The van der Waals surface area contributed by atoms with Crippen molar-refractivity contribution in [3.05, 3.63) is 0 Å². The van der Waals surface area contributed by atoms with E-state index in [1.165, 1.54) is 0 Å². The fourth-order valence-electron chi connectivity index (χ4n) is 2.95. The van der Waals surface area contributed by atoms with Crippen LogP contribution in [0.25, 0.3) is 0 Å². The fraction of sp³-hybridized carbons (Fsp3) is 0.929. The Kier molecular flexibility index (Phi) is 4.62. The van der Waals surface area contributed by atoms with Crippen LogP contribution in [0.1, 0.15) is 33.1 Å². The lowest BCUT2D eigenvalue weighted by molar-refractivity contribution is -0.133. The lowest BCUT2D eigenvalue weighted by Gasteiger charge is -2.31. The van der Waals surface area contributed by atoms with Gasteiger partial charge in [0.2, 0.25) is 5.91 Å². The van der Waals surface area contributed by atoms with Crippen molar-refractivity contribution in [3.63, 3.8) is 0 Å². The first kappa shape index (κ1) is 13.8. The standard InChI is InChI=1S/C14H26N2O2/c1-11-3-7-16(8-4-11)14(18)10-15-6-5-13(9-15)12(2)17/h11-13,17H,3-10H2,1-2H3. The van der Waals surface area contributed by atoms with Crippen LogP contribution in [-0.2, 0) is 4.79 Å². The number of carbonyl (C=O) groups is 1. The summed E-state index contributed by atoms with van der Waals surface area (Å²) in [4.78, 5) is 16.4. The Morgan fingerprint density at radius 3 is 2.50 bits per heavy atom. The molecule has 2 heterocycles. The number of hydrogen-bond acceptors (Lipinski definition) is 3. The summed E-state index contributed by atoms with van der Waals surface area (Å²) in [6.07, 6.45) is 3.05. The zero-order valence-electron chi connectivity index (χ0n) is 11.6. The molecule has 0 bridgehead atoms. The summed E-state index contributed by atoms with van der Waals surface area (Å²) in [5, 5.41) is 9.56. The smallest absolute Gasteiger partial charge is 0.236 e. The molecule has 4 heteroatoms. The molecule has 2 saturated heterocycles. The van der Waals surface area contributed by atoms with Gasteiger partial charge in [0.25, 0.3) is 0 Å². The molecule has 2 aliphatic rings. The summed E-state index contributed by atoms with van der Waals surface area (Å²) < 4.78 is 0. The van der Waals surface area contributed by atoms with Crippen molar-refractivity contribution in [2.24, 2.45) is 11.8 Å². The van der Waals surface area contributed by atoms with Gasteiger partial charge in [-0.1, -0.05) is 6.92 Å². The van der Waals surface area contributed by atoms with Crippen LogP contribution in [0.2, 0.25) is 0 Å². The third-order valence-corrected chi connectivity index (χ3v) is 4.49. The highest BCUT2D eigenvalue weighted by atomic mass is 16.3. The van der Waals surface area contributed by atoms with Crippen LogP contribution in [0.4, 0.5) is 0 Å². The maximum Gasteiger partial charge on any atom is 0.236 e. The molecule has 18 heavy (non-hydrogen) atoms. The lowest BCUT2D eigenvalue weighted by Crippen LogP contribution is -2.43. The highest BCUT2D eigenvalue weighted by molar-refractivity contribution is 5.78. The molecule has 0 radical (unpaired) electrons. The van der Waals surface area contributed by atoms with Crippen LogP contribution >= 0.6 is 0 Å². The van der Waals surface area contributed by atoms with Crippen molar-refractivity contribution in [3.8, 4) is 0 Å². The van der Waals surface area contributed by atoms with E-state index in [2.05, 4.69) is 11.8 Å². The highest BCUT2D eigenvalue weighted by Gasteiger charge is 2.29. The zero-order valence-corrected chi connectivity index (χ0v) is 11.6. The van der Waals surface area contributed by atoms with Crippen LogP contribution in [0, 0.1) is 11.8 Å². The Bertz CT molecular complexity index is 286. The van der Waals surface area contributed by atoms with Crippen LogP contribution < -0.4 is 0 Å². The third-order valence-electron chi connectivity index (χ3n) is 4.49. The maximum atomic E-state index is 12.2. The summed E-state index contributed by atoms with van der Waals surface area (Å²) >= 11 is 0. The SMILES string of the molecule is CC1CCN(C(=O)CN2CCC(C(C)O)C2)CC1. The molecular formula is C14H26N2O2. The second kappa shape index (κ2) is 6.02. The third kappa shape index (κ3) is 3.45. The van der Waals surface area contributed by atoms with Crippen molar-refractivity contribution in [1.29, 1.82) is 0 Å². The summed E-state index contributed by atoms with van der Waals surface area (Å²) in [6, 6.07) is 0. The summed E-state index contributed by atoms with van der Waals surface area (Å²) in [7, 11) is 0. The van der Waals surface area contributed by atoms with E-state index < -0.39 is 0 Å². The number of nitrogens with zero attached hydrogens (tertiary/aromatic N) is 2. The molecule has 2 unspecified atom stereocenters. The molecule has 1 amide bonds. The molecule has 0 spiro atoms. The maximum absolute atomic E-state index is 12.2. The molecule has 0 aromatic carbocycles. The van der Waals surface area contributed by atoms with E-state index in [1.807, 2.05) is 11.8 Å². The molecule has 0 aromatic heterocycles. The molecule has 2 aliphatic heterocycles. The number of aliphatic hydroxyl groups is 1. The number of rotatable bonds is 3. The Morgan fingerprint density at radius 1 is 1.28 bits per heavy atom. The van der Waals surface area contributed by atoms with Gasteiger partial charge in [0.1, 0.15) is 0 Å².